The molecular formula is C30H24ClNO4. The topological polar surface area (TPSA) is 55.8 Å². The lowest BCUT2D eigenvalue weighted by atomic mass is 9.85. The number of imide groups is 1. The summed E-state index contributed by atoms with van der Waals surface area (Å²) in [6, 6.07) is 22.8. The Morgan fingerprint density at radius 3 is 1.64 bits per heavy atom. The van der Waals surface area contributed by atoms with Crippen LogP contribution in [0.25, 0.3) is 5.57 Å². The number of hydrogen-bond acceptors (Lipinski definition) is 4. The number of para-hydroxylation sites is 1. The van der Waals surface area contributed by atoms with Crippen molar-refractivity contribution in [2.45, 2.75) is 0 Å². The Kier molecular flexibility index (Phi) is 5.45. The van der Waals surface area contributed by atoms with Crippen LogP contribution in [0.4, 0.5) is 5.69 Å². The van der Waals surface area contributed by atoms with E-state index in [9.17, 15) is 9.59 Å². The molecule has 1 saturated carbocycles. The summed E-state index contributed by atoms with van der Waals surface area (Å²) >= 11 is 6.38. The summed E-state index contributed by atoms with van der Waals surface area (Å²) in [6.45, 7) is 0. The number of halogens is 1. The third-order valence-corrected chi connectivity index (χ3v) is 7.87. The third-order valence-electron chi connectivity index (χ3n) is 7.56. The van der Waals surface area contributed by atoms with Gasteiger partial charge in [0.1, 0.15) is 11.5 Å². The van der Waals surface area contributed by atoms with Crippen molar-refractivity contribution in [3.05, 3.63) is 107 Å². The second-order valence-corrected chi connectivity index (χ2v) is 9.65. The zero-order valence-corrected chi connectivity index (χ0v) is 20.6. The van der Waals surface area contributed by atoms with Gasteiger partial charge in [-0.15, -0.1) is 0 Å². The van der Waals surface area contributed by atoms with E-state index in [-0.39, 0.29) is 23.7 Å². The van der Waals surface area contributed by atoms with E-state index >= 15 is 0 Å². The number of amides is 2. The lowest BCUT2D eigenvalue weighted by Crippen LogP contribution is -2.33. The van der Waals surface area contributed by atoms with Crippen molar-refractivity contribution in [1.29, 1.82) is 0 Å². The average molecular weight is 498 g/mol. The Labute approximate surface area is 214 Å². The van der Waals surface area contributed by atoms with Gasteiger partial charge in [0.2, 0.25) is 11.8 Å². The molecular weight excluding hydrogens is 474 g/mol. The number of methoxy groups -OCH3 is 2. The summed E-state index contributed by atoms with van der Waals surface area (Å²) in [4.78, 5) is 28.7. The highest BCUT2D eigenvalue weighted by molar-refractivity contribution is 6.36. The summed E-state index contributed by atoms with van der Waals surface area (Å²) in [6.07, 6.45) is 4.19. The van der Waals surface area contributed by atoms with E-state index in [1.54, 1.807) is 38.5 Å². The van der Waals surface area contributed by atoms with Gasteiger partial charge in [0.25, 0.3) is 0 Å². The third kappa shape index (κ3) is 3.30. The van der Waals surface area contributed by atoms with Crippen LogP contribution < -0.4 is 14.4 Å². The lowest BCUT2D eigenvalue weighted by molar-refractivity contribution is -0.122. The van der Waals surface area contributed by atoms with Crippen molar-refractivity contribution in [1.82, 2.24) is 0 Å². The van der Waals surface area contributed by atoms with Gasteiger partial charge in [0, 0.05) is 11.8 Å². The first kappa shape index (κ1) is 22.6. The van der Waals surface area contributed by atoms with Crippen LogP contribution in [-0.4, -0.2) is 26.0 Å². The number of rotatable bonds is 5. The molecule has 4 atom stereocenters. The van der Waals surface area contributed by atoms with Gasteiger partial charge in [-0.05, 0) is 58.7 Å². The van der Waals surface area contributed by atoms with Gasteiger partial charge in [0.15, 0.2) is 0 Å². The molecule has 1 aliphatic heterocycles. The largest absolute Gasteiger partial charge is 0.497 e. The van der Waals surface area contributed by atoms with Crippen molar-refractivity contribution in [2.24, 2.45) is 23.7 Å². The molecule has 36 heavy (non-hydrogen) atoms. The van der Waals surface area contributed by atoms with E-state index in [1.807, 2.05) is 48.5 Å². The molecule has 2 bridgehead atoms. The molecule has 0 N–H and O–H groups in total. The Hall–Kier alpha value is -3.83. The summed E-state index contributed by atoms with van der Waals surface area (Å²) in [5.41, 5.74) is 4.63. The first-order valence-electron chi connectivity index (χ1n) is 11.9. The Morgan fingerprint density at radius 1 is 0.722 bits per heavy atom. The summed E-state index contributed by atoms with van der Waals surface area (Å²) in [7, 11) is 3.28. The van der Waals surface area contributed by atoms with Gasteiger partial charge in [-0.3, -0.25) is 9.59 Å². The molecule has 2 aliphatic carbocycles. The van der Waals surface area contributed by atoms with E-state index in [0.29, 0.717) is 10.7 Å². The Balaban J connectivity index is 1.48. The number of benzene rings is 3. The molecule has 0 aromatic heterocycles. The van der Waals surface area contributed by atoms with E-state index < -0.39 is 11.8 Å². The molecule has 180 valence electrons. The molecule has 2 amide bonds. The number of fused-ring (bicyclic) bond motifs is 5. The second kappa shape index (κ2) is 8.68. The number of nitrogens with zero attached hydrogens (tertiary/aromatic N) is 1. The molecule has 1 heterocycles. The number of allylic oxidation sites excluding steroid dienone is 3. The van der Waals surface area contributed by atoms with Crippen LogP contribution in [0, 0.1) is 23.7 Å². The van der Waals surface area contributed by atoms with Crippen LogP contribution in [0.1, 0.15) is 11.1 Å². The fourth-order valence-electron chi connectivity index (χ4n) is 5.98. The number of carbonyl (C=O) groups is 2. The highest BCUT2D eigenvalue weighted by Gasteiger charge is 2.62. The standard InChI is InChI=1S/C30H24ClNO4/c1-35-19-11-7-17(8-12-19)25(18-9-13-20(36-2)14-10-18)26-21-15-16-22(26)28-27(21)29(33)32(30(28)34)24-6-4-3-5-23(24)31/h3-16,21-22,27-28H,1-2H3/t21-,22-,27-,28+/m1/s1. The van der Waals surface area contributed by atoms with Crippen LogP contribution in [0.15, 0.2) is 90.5 Å². The maximum absolute atomic E-state index is 13.7. The first-order valence-corrected chi connectivity index (χ1v) is 12.2. The smallest absolute Gasteiger partial charge is 0.238 e. The zero-order valence-electron chi connectivity index (χ0n) is 19.9. The fraction of sp³-hybridized carbons (Fsp3) is 0.200. The highest BCUT2D eigenvalue weighted by Crippen LogP contribution is 2.59. The van der Waals surface area contributed by atoms with E-state index in [4.69, 9.17) is 21.1 Å². The molecule has 0 spiro atoms. The predicted octanol–water partition coefficient (Wildman–Crippen LogP) is 5.78. The minimum Gasteiger partial charge on any atom is -0.497 e. The number of anilines is 1. The van der Waals surface area contributed by atoms with Gasteiger partial charge < -0.3 is 9.47 Å². The van der Waals surface area contributed by atoms with Crippen LogP contribution in [0.5, 0.6) is 11.5 Å². The van der Waals surface area contributed by atoms with Crippen LogP contribution in [0.2, 0.25) is 5.02 Å². The predicted molar refractivity (Wildman–Crippen MR) is 139 cm³/mol. The van der Waals surface area contributed by atoms with Crippen LogP contribution >= 0.6 is 11.6 Å². The molecule has 3 aliphatic rings. The van der Waals surface area contributed by atoms with E-state index in [1.165, 1.54) is 4.90 Å². The number of hydrogen-bond donors (Lipinski definition) is 0. The summed E-state index contributed by atoms with van der Waals surface area (Å²) in [5.74, 6) is -0.0414. The first-order chi connectivity index (χ1) is 17.5. The molecule has 0 unspecified atom stereocenters. The number of ether oxygens (including phenoxy) is 2. The zero-order chi connectivity index (χ0) is 25.0. The maximum Gasteiger partial charge on any atom is 0.238 e. The molecule has 6 rings (SSSR count). The lowest BCUT2D eigenvalue weighted by Gasteiger charge is -2.22. The fourth-order valence-corrected chi connectivity index (χ4v) is 6.20. The van der Waals surface area contributed by atoms with Crippen molar-refractivity contribution in [2.75, 3.05) is 19.1 Å². The highest BCUT2D eigenvalue weighted by atomic mass is 35.5. The van der Waals surface area contributed by atoms with Gasteiger partial charge in [-0.25, -0.2) is 4.90 Å². The number of carbonyl (C=O) groups excluding carboxylic acids is 2. The molecule has 6 heteroatoms. The molecule has 5 nitrogen and oxygen atoms in total. The SMILES string of the molecule is COc1ccc(C(=C2[C@H]3C=C[C@H]2[C@H]2C(=O)N(c4ccccc4Cl)C(=O)[C@H]23)c2ccc(OC)cc2)cc1. The molecule has 1 saturated heterocycles. The maximum atomic E-state index is 13.7. The van der Waals surface area contributed by atoms with Gasteiger partial charge in [-0.2, -0.15) is 0 Å². The van der Waals surface area contributed by atoms with Gasteiger partial charge in [-0.1, -0.05) is 60.2 Å². The molecule has 3 aromatic rings. The van der Waals surface area contributed by atoms with Crippen molar-refractivity contribution >= 4 is 34.7 Å². The minimum absolute atomic E-state index is 0.164. The summed E-state index contributed by atoms with van der Waals surface area (Å²) in [5, 5.41) is 0.396. The molecule has 3 aromatic carbocycles. The summed E-state index contributed by atoms with van der Waals surface area (Å²) < 4.78 is 10.7. The quantitative estimate of drug-likeness (QED) is 0.331. The van der Waals surface area contributed by atoms with Crippen LogP contribution in [0.3, 0.4) is 0 Å². The van der Waals surface area contributed by atoms with Crippen molar-refractivity contribution in [3.8, 4) is 11.5 Å². The van der Waals surface area contributed by atoms with Crippen molar-refractivity contribution in [3.63, 3.8) is 0 Å². The van der Waals surface area contributed by atoms with E-state index in [2.05, 4.69) is 12.2 Å². The van der Waals surface area contributed by atoms with Crippen molar-refractivity contribution < 1.29 is 19.1 Å². The van der Waals surface area contributed by atoms with Gasteiger partial charge in [0.05, 0.1) is 36.8 Å². The Morgan fingerprint density at radius 2 is 1.19 bits per heavy atom. The second-order valence-electron chi connectivity index (χ2n) is 9.24. The minimum atomic E-state index is -0.440. The molecule has 0 radical (unpaired) electrons. The monoisotopic (exact) mass is 497 g/mol. The van der Waals surface area contributed by atoms with Crippen LogP contribution in [-0.2, 0) is 9.59 Å². The Bertz CT molecular complexity index is 1340. The normalized spacial score (nSPS) is 23.9. The molecule has 2 fully saturated rings. The average Bonchev–Trinajstić information content (AvgIpc) is 3.54. The van der Waals surface area contributed by atoms with E-state index in [0.717, 1.165) is 33.8 Å². The van der Waals surface area contributed by atoms with Gasteiger partial charge >= 0.3 is 0 Å².